The third-order valence-corrected chi connectivity index (χ3v) is 6.75. The summed E-state index contributed by atoms with van der Waals surface area (Å²) < 4.78 is 24.3. The van der Waals surface area contributed by atoms with Crippen molar-refractivity contribution in [2.45, 2.75) is 49.3 Å². The summed E-state index contributed by atoms with van der Waals surface area (Å²) in [5.74, 6) is -0.329. The summed E-state index contributed by atoms with van der Waals surface area (Å²) in [4.78, 5) is 14.5. The van der Waals surface area contributed by atoms with Gasteiger partial charge in [-0.15, -0.1) is 0 Å². The Morgan fingerprint density at radius 1 is 1.19 bits per heavy atom. The standard InChI is InChI=1S/C15H20ClNO3S/c1-14(2,3)17-10-9-15(4,13(17)18)21(19,20)12-7-5-11(16)6-8-12/h5-8H,9-10H2,1-4H3. The summed E-state index contributed by atoms with van der Waals surface area (Å²) >= 11 is 5.80. The van der Waals surface area contributed by atoms with Crippen molar-refractivity contribution in [2.75, 3.05) is 6.54 Å². The van der Waals surface area contributed by atoms with E-state index in [-0.39, 0.29) is 16.3 Å². The van der Waals surface area contributed by atoms with Crippen molar-refractivity contribution in [1.82, 2.24) is 4.90 Å². The van der Waals surface area contributed by atoms with Crippen LogP contribution < -0.4 is 0 Å². The first-order valence-electron chi connectivity index (χ1n) is 6.82. The lowest BCUT2D eigenvalue weighted by Crippen LogP contribution is -2.49. The van der Waals surface area contributed by atoms with Gasteiger partial charge in [0.2, 0.25) is 5.91 Å². The van der Waals surface area contributed by atoms with Crippen molar-refractivity contribution < 1.29 is 13.2 Å². The van der Waals surface area contributed by atoms with E-state index in [4.69, 9.17) is 11.6 Å². The molecule has 1 atom stereocenters. The first kappa shape index (κ1) is 16.3. The molecule has 1 aliphatic rings. The van der Waals surface area contributed by atoms with Crippen LogP contribution in [0.25, 0.3) is 0 Å². The maximum atomic E-state index is 12.9. The quantitative estimate of drug-likeness (QED) is 0.838. The number of hydrogen-bond donors (Lipinski definition) is 0. The highest BCUT2D eigenvalue weighted by Crippen LogP contribution is 2.38. The topological polar surface area (TPSA) is 54.5 Å². The third kappa shape index (κ3) is 2.57. The number of halogens is 1. The maximum Gasteiger partial charge on any atom is 0.244 e. The lowest BCUT2D eigenvalue weighted by atomic mass is 10.1. The Hall–Kier alpha value is -1.07. The summed E-state index contributed by atoms with van der Waals surface area (Å²) in [6.45, 7) is 7.69. The first-order valence-corrected chi connectivity index (χ1v) is 8.68. The lowest BCUT2D eigenvalue weighted by Gasteiger charge is -2.33. The van der Waals surface area contributed by atoms with Crippen LogP contribution in [-0.2, 0) is 14.6 Å². The van der Waals surface area contributed by atoms with Gasteiger partial charge in [0, 0.05) is 17.1 Å². The summed E-state index contributed by atoms with van der Waals surface area (Å²) in [7, 11) is -3.75. The average Bonchev–Trinajstić information content (AvgIpc) is 2.68. The van der Waals surface area contributed by atoms with Crippen molar-refractivity contribution >= 4 is 27.3 Å². The van der Waals surface area contributed by atoms with Gasteiger partial charge in [0.1, 0.15) is 0 Å². The predicted octanol–water partition coefficient (Wildman–Crippen LogP) is 2.90. The molecule has 0 aliphatic carbocycles. The van der Waals surface area contributed by atoms with Crippen LogP contribution in [-0.4, -0.2) is 36.1 Å². The molecule has 1 heterocycles. The van der Waals surface area contributed by atoms with E-state index in [0.717, 1.165) is 0 Å². The molecule has 6 heteroatoms. The van der Waals surface area contributed by atoms with Crippen molar-refractivity contribution in [1.29, 1.82) is 0 Å². The lowest BCUT2D eigenvalue weighted by molar-refractivity contribution is -0.133. The molecule has 1 aromatic carbocycles. The molecule has 0 saturated carbocycles. The van der Waals surface area contributed by atoms with Gasteiger partial charge in [0.25, 0.3) is 0 Å². The molecule has 0 aromatic heterocycles. The smallest absolute Gasteiger partial charge is 0.244 e. The largest absolute Gasteiger partial charge is 0.336 e. The zero-order chi connectivity index (χ0) is 16.1. The second kappa shape index (κ2) is 4.99. The molecule has 116 valence electrons. The summed E-state index contributed by atoms with van der Waals surface area (Å²) in [5.41, 5.74) is -0.385. The predicted molar refractivity (Wildman–Crippen MR) is 83.1 cm³/mol. The summed E-state index contributed by atoms with van der Waals surface area (Å²) in [5, 5.41) is 0.466. The maximum absolute atomic E-state index is 12.9. The summed E-state index contributed by atoms with van der Waals surface area (Å²) in [6, 6.07) is 5.96. The Labute approximate surface area is 131 Å². The summed E-state index contributed by atoms with van der Waals surface area (Å²) in [6.07, 6.45) is 0.300. The van der Waals surface area contributed by atoms with Crippen LogP contribution in [0.4, 0.5) is 0 Å². The number of nitrogens with zero attached hydrogens (tertiary/aromatic N) is 1. The monoisotopic (exact) mass is 329 g/mol. The molecule has 1 fully saturated rings. The van der Waals surface area contributed by atoms with E-state index >= 15 is 0 Å². The Morgan fingerprint density at radius 3 is 2.14 bits per heavy atom. The molecule has 0 spiro atoms. The van der Waals surface area contributed by atoms with E-state index in [9.17, 15) is 13.2 Å². The van der Waals surface area contributed by atoms with Crippen LogP contribution in [0.1, 0.15) is 34.1 Å². The van der Waals surface area contributed by atoms with Gasteiger partial charge in [-0.25, -0.2) is 8.42 Å². The molecular weight excluding hydrogens is 310 g/mol. The van der Waals surface area contributed by atoms with Crippen molar-refractivity contribution in [2.24, 2.45) is 0 Å². The van der Waals surface area contributed by atoms with Gasteiger partial charge in [-0.1, -0.05) is 11.6 Å². The molecule has 1 unspecified atom stereocenters. The molecule has 1 aliphatic heterocycles. The molecular formula is C15H20ClNO3S. The number of hydrogen-bond acceptors (Lipinski definition) is 3. The van der Waals surface area contributed by atoms with Gasteiger partial charge >= 0.3 is 0 Å². The van der Waals surface area contributed by atoms with Crippen molar-refractivity contribution in [3.63, 3.8) is 0 Å². The number of likely N-dealkylation sites (tertiary alicyclic amines) is 1. The van der Waals surface area contributed by atoms with Crippen LogP contribution in [0.5, 0.6) is 0 Å². The fourth-order valence-electron chi connectivity index (χ4n) is 2.58. The third-order valence-electron chi connectivity index (χ3n) is 4.04. The van der Waals surface area contributed by atoms with Crippen LogP contribution in [0.2, 0.25) is 5.02 Å². The number of amides is 1. The number of rotatable bonds is 2. The van der Waals surface area contributed by atoms with Gasteiger partial charge in [0.05, 0.1) is 4.90 Å². The molecule has 0 N–H and O–H groups in total. The highest BCUT2D eigenvalue weighted by Gasteiger charge is 2.55. The fraction of sp³-hybridized carbons (Fsp3) is 0.533. The molecule has 1 amide bonds. The van der Waals surface area contributed by atoms with Crippen molar-refractivity contribution in [3.8, 4) is 0 Å². The zero-order valence-corrected chi connectivity index (χ0v) is 14.3. The molecule has 21 heavy (non-hydrogen) atoms. The highest BCUT2D eigenvalue weighted by molar-refractivity contribution is 7.93. The van der Waals surface area contributed by atoms with Crippen LogP contribution in [0.3, 0.4) is 0 Å². The Bertz CT molecular complexity index is 661. The SMILES string of the molecule is CC(C)(C)N1CCC(C)(S(=O)(=O)c2ccc(Cl)cc2)C1=O. The minimum Gasteiger partial charge on any atom is -0.336 e. The molecule has 0 bridgehead atoms. The minimum absolute atomic E-state index is 0.138. The highest BCUT2D eigenvalue weighted by atomic mass is 35.5. The zero-order valence-electron chi connectivity index (χ0n) is 12.7. The van der Waals surface area contributed by atoms with Gasteiger partial charge < -0.3 is 4.90 Å². The van der Waals surface area contributed by atoms with Crippen LogP contribution in [0.15, 0.2) is 29.2 Å². The normalized spacial score (nSPS) is 23.7. The van der Waals surface area contributed by atoms with Gasteiger partial charge in [-0.3, -0.25) is 4.79 Å². The number of carbonyl (C=O) groups excluding carboxylic acids is 1. The second-order valence-electron chi connectivity index (χ2n) is 6.57. The molecule has 1 aromatic rings. The van der Waals surface area contributed by atoms with E-state index < -0.39 is 14.6 Å². The van der Waals surface area contributed by atoms with Gasteiger partial charge in [-0.2, -0.15) is 0 Å². The molecule has 4 nitrogen and oxygen atoms in total. The Balaban J connectivity index is 2.45. The Kier molecular flexibility index (Phi) is 3.87. The van der Waals surface area contributed by atoms with Gasteiger partial charge in [0.15, 0.2) is 14.6 Å². The number of benzene rings is 1. The Morgan fingerprint density at radius 2 is 1.71 bits per heavy atom. The number of carbonyl (C=O) groups is 1. The minimum atomic E-state index is -3.75. The van der Waals surface area contributed by atoms with E-state index in [1.807, 2.05) is 20.8 Å². The van der Waals surface area contributed by atoms with Crippen LogP contribution >= 0.6 is 11.6 Å². The molecule has 2 rings (SSSR count). The van der Waals surface area contributed by atoms with Gasteiger partial charge in [-0.05, 0) is 58.4 Å². The second-order valence-corrected chi connectivity index (χ2v) is 9.38. The first-order chi connectivity index (χ1) is 9.50. The molecule has 0 radical (unpaired) electrons. The number of sulfone groups is 1. The van der Waals surface area contributed by atoms with Crippen LogP contribution in [0, 0.1) is 0 Å². The average molecular weight is 330 g/mol. The van der Waals surface area contributed by atoms with E-state index in [1.165, 1.54) is 31.2 Å². The molecule has 1 saturated heterocycles. The van der Waals surface area contributed by atoms with E-state index in [1.54, 1.807) is 4.90 Å². The van der Waals surface area contributed by atoms with E-state index in [0.29, 0.717) is 18.0 Å². The van der Waals surface area contributed by atoms with E-state index in [2.05, 4.69) is 0 Å². The van der Waals surface area contributed by atoms with Crippen molar-refractivity contribution in [3.05, 3.63) is 29.3 Å². The fourth-order valence-corrected chi connectivity index (χ4v) is 4.42.